The fourth-order valence-electron chi connectivity index (χ4n) is 0.914. The third-order valence-electron chi connectivity index (χ3n) is 1.51. The highest BCUT2D eigenvalue weighted by atomic mass is 19.4. The lowest BCUT2D eigenvalue weighted by Gasteiger charge is -2.10. The van der Waals surface area contributed by atoms with Gasteiger partial charge in [-0.25, -0.2) is 0 Å². The monoisotopic (exact) mass is 213 g/mol. The average Bonchev–Trinajstić information content (AvgIpc) is 2.01. The first-order valence-electron chi connectivity index (χ1n) is 3.39. The quantitative estimate of drug-likeness (QED) is 0.570. The largest absolute Gasteiger partial charge is 0.417 e. The Bertz CT molecular complexity index is 349. The van der Waals surface area contributed by atoms with Gasteiger partial charge in [0.1, 0.15) is 0 Å². The maximum absolute atomic E-state index is 12.6. The predicted octanol–water partition coefficient (Wildman–Crippen LogP) is 1.87. The first-order valence-corrected chi connectivity index (χ1v) is 3.39. The maximum atomic E-state index is 12.6. The molecule has 0 aliphatic carbocycles. The predicted molar refractivity (Wildman–Crippen MR) is 35.1 cm³/mol. The molecule has 14 heavy (non-hydrogen) atoms. The molecule has 0 radical (unpaired) electrons. The Morgan fingerprint density at radius 1 is 1.29 bits per heavy atom. The third-order valence-corrected chi connectivity index (χ3v) is 1.51. The number of rotatable bonds is 1. The lowest BCUT2D eigenvalue weighted by atomic mass is 10.1. The highest BCUT2D eigenvalue weighted by Crippen LogP contribution is 2.32. The van der Waals surface area contributed by atoms with Gasteiger partial charge >= 0.3 is 6.18 Å². The summed E-state index contributed by atoms with van der Waals surface area (Å²) >= 11 is 0. The Morgan fingerprint density at radius 3 is 2.29 bits per heavy atom. The molecule has 0 unspecified atom stereocenters. The average molecular weight is 213 g/mol. The Labute approximate surface area is 75.0 Å². The van der Waals surface area contributed by atoms with Crippen molar-refractivity contribution in [2.24, 2.45) is 0 Å². The number of halogens is 5. The van der Waals surface area contributed by atoms with Crippen molar-refractivity contribution in [3.8, 4) is 0 Å². The lowest BCUT2D eigenvalue weighted by Crippen LogP contribution is -2.13. The van der Waals surface area contributed by atoms with Crippen LogP contribution >= 0.6 is 0 Å². The molecule has 1 N–H and O–H groups in total. The summed E-state index contributed by atoms with van der Waals surface area (Å²) < 4.78 is 61.3. The molecule has 0 bridgehead atoms. The van der Waals surface area contributed by atoms with Gasteiger partial charge in [-0.1, -0.05) is 0 Å². The number of pyridine rings is 1. The van der Waals surface area contributed by atoms with Crippen LogP contribution in [-0.4, -0.2) is 10.1 Å². The number of alkyl halides is 3. The van der Waals surface area contributed by atoms with Gasteiger partial charge in [0, 0.05) is 11.6 Å². The van der Waals surface area contributed by atoms with Crippen molar-refractivity contribution in [3.05, 3.63) is 29.1 Å². The molecule has 78 valence electrons. The highest BCUT2D eigenvalue weighted by Gasteiger charge is 2.35. The second-order valence-electron chi connectivity index (χ2n) is 2.42. The minimum absolute atomic E-state index is 0.0363. The fourth-order valence-corrected chi connectivity index (χ4v) is 0.914. The van der Waals surface area contributed by atoms with E-state index in [1.54, 1.807) is 0 Å². The SMILES string of the molecule is OCc1c(C(F)(F)F)cc(F)nc1F. The van der Waals surface area contributed by atoms with E-state index < -0.39 is 35.8 Å². The number of nitrogens with zero attached hydrogens (tertiary/aromatic N) is 1. The van der Waals surface area contributed by atoms with E-state index in [0.29, 0.717) is 0 Å². The Morgan fingerprint density at radius 2 is 1.86 bits per heavy atom. The van der Waals surface area contributed by atoms with Crippen LogP contribution in [0.1, 0.15) is 11.1 Å². The van der Waals surface area contributed by atoms with E-state index in [0.717, 1.165) is 0 Å². The van der Waals surface area contributed by atoms with Crippen LogP contribution in [0.3, 0.4) is 0 Å². The van der Waals surface area contributed by atoms with Crippen molar-refractivity contribution < 1.29 is 27.1 Å². The first kappa shape index (κ1) is 10.8. The first-order chi connectivity index (χ1) is 6.36. The van der Waals surface area contributed by atoms with Crippen LogP contribution in [0.25, 0.3) is 0 Å². The zero-order valence-corrected chi connectivity index (χ0v) is 6.57. The molecule has 0 saturated heterocycles. The summed E-state index contributed by atoms with van der Waals surface area (Å²) in [5, 5.41) is 8.45. The van der Waals surface area contributed by atoms with Crippen molar-refractivity contribution in [2.75, 3.05) is 0 Å². The summed E-state index contributed by atoms with van der Waals surface area (Å²) in [5.74, 6) is -3.23. The summed E-state index contributed by atoms with van der Waals surface area (Å²) in [6.45, 7) is -1.19. The molecule has 0 fully saturated rings. The Kier molecular flexibility index (Phi) is 2.70. The van der Waals surface area contributed by atoms with E-state index in [2.05, 4.69) is 4.98 Å². The Hall–Kier alpha value is -1.24. The number of aromatic nitrogens is 1. The molecule has 7 heteroatoms. The van der Waals surface area contributed by atoms with Gasteiger partial charge in [-0.15, -0.1) is 0 Å². The molecule has 0 aliphatic heterocycles. The highest BCUT2D eigenvalue weighted by molar-refractivity contribution is 5.27. The number of aliphatic hydroxyl groups is 1. The van der Waals surface area contributed by atoms with Crippen molar-refractivity contribution in [1.82, 2.24) is 4.98 Å². The van der Waals surface area contributed by atoms with Gasteiger partial charge in [-0.05, 0) is 0 Å². The van der Waals surface area contributed by atoms with E-state index in [1.165, 1.54) is 0 Å². The molecular formula is C7H4F5NO. The molecule has 1 rings (SSSR count). The number of hydrogen-bond donors (Lipinski definition) is 1. The van der Waals surface area contributed by atoms with Gasteiger partial charge < -0.3 is 5.11 Å². The number of hydrogen-bond acceptors (Lipinski definition) is 2. The van der Waals surface area contributed by atoms with Crippen LogP contribution < -0.4 is 0 Å². The maximum Gasteiger partial charge on any atom is 0.417 e. The molecular weight excluding hydrogens is 209 g/mol. The van der Waals surface area contributed by atoms with E-state index in [1.807, 2.05) is 0 Å². The zero-order chi connectivity index (χ0) is 10.9. The minimum Gasteiger partial charge on any atom is -0.391 e. The van der Waals surface area contributed by atoms with Crippen LogP contribution in [0, 0.1) is 11.9 Å². The molecule has 1 aromatic heterocycles. The third kappa shape index (κ3) is 1.98. The van der Waals surface area contributed by atoms with Gasteiger partial charge in [0.2, 0.25) is 11.9 Å². The van der Waals surface area contributed by atoms with E-state index in [-0.39, 0.29) is 6.07 Å². The summed E-state index contributed by atoms with van der Waals surface area (Å²) in [4.78, 5) is 2.53. The van der Waals surface area contributed by atoms with Crippen LogP contribution in [0.15, 0.2) is 6.07 Å². The van der Waals surface area contributed by atoms with Crippen LogP contribution in [0.5, 0.6) is 0 Å². The molecule has 0 spiro atoms. The van der Waals surface area contributed by atoms with Crippen molar-refractivity contribution in [1.29, 1.82) is 0 Å². The molecule has 0 saturated carbocycles. The van der Waals surface area contributed by atoms with Gasteiger partial charge in [-0.3, -0.25) is 0 Å². The molecule has 0 aliphatic rings. The van der Waals surface area contributed by atoms with E-state index in [4.69, 9.17) is 5.11 Å². The molecule has 0 atom stereocenters. The van der Waals surface area contributed by atoms with Gasteiger partial charge in [-0.2, -0.15) is 26.9 Å². The van der Waals surface area contributed by atoms with E-state index in [9.17, 15) is 22.0 Å². The van der Waals surface area contributed by atoms with Crippen molar-refractivity contribution in [3.63, 3.8) is 0 Å². The standard InChI is InChI=1S/C7H4F5NO/c8-5-1-4(7(10,11)12)3(2-14)6(9)13-5/h1,14H,2H2. The van der Waals surface area contributed by atoms with E-state index >= 15 is 0 Å². The smallest absolute Gasteiger partial charge is 0.391 e. The fraction of sp³-hybridized carbons (Fsp3) is 0.286. The summed E-state index contributed by atoms with van der Waals surface area (Å²) in [6.07, 6.45) is -4.91. The summed E-state index contributed by atoms with van der Waals surface area (Å²) in [5.41, 5.74) is -2.61. The lowest BCUT2D eigenvalue weighted by molar-refractivity contribution is -0.139. The second-order valence-corrected chi connectivity index (χ2v) is 2.42. The molecule has 1 aromatic rings. The summed E-state index contributed by atoms with van der Waals surface area (Å²) in [6, 6.07) is 0.0363. The van der Waals surface area contributed by atoms with Gasteiger partial charge in [0.25, 0.3) is 0 Å². The van der Waals surface area contributed by atoms with Crippen LogP contribution in [0.4, 0.5) is 22.0 Å². The second kappa shape index (κ2) is 3.49. The van der Waals surface area contributed by atoms with Crippen LogP contribution in [0.2, 0.25) is 0 Å². The number of aliphatic hydroxyl groups excluding tert-OH is 1. The van der Waals surface area contributed by atoms with Gasteiger partial charge in [0.05, 0.1) is 12.2 Å². The van der Waals surface area contributed by atoms with Crippen LogP contribution in [-0.2, 0) is 12.8 Å². The minimum atomic E-state index is -4.91. The molecule has 0 aromatic carbocycles. The van der Waals surface area contributed by atoms with Gasteiger partial charge in [0.15, 0.2) is 0 Å². The summed E-state index contributed by atoms with van der Waals surface area (Å²) in [7, 11) is 0. The topological polar surface area (TPSA) is 33.1 Å². The molecule has 0 amide bonds. The van der Waals surface area contributed by atoms with Crippen molar-refractivity contribution in [2.45, 2.75) is 12.8 Å². The normalized spacial score (nSPS) is 11.9. The van der Waals surface area contributed by atoms with Crippen molar-refractivity contribution >= 4 is 0 Å². The Balaban J connectivity index is 3.40. The molecule has 1 heterocycles. The molecule has 2 nitrogen and oxygen atoms in total. The zero-order valence-electron chi connectivity index (χ0n) is 6.57.